The lowest BCUT2D eigenvalue weighted by molar-refractivity contribution is -0.166. The van der Waals surface area contributed by atoms with Crippen molar-refractivity contribution in [2.75, 3.05) is 13.2 Å². The van der Waals surface area contributed by atoms with Crippen LogP contribution in [0.4, 0.5) is 0 Å². The molecule has 0 amide bonds. The topological polar surface area (TPSA) is 78.9 Å². The molecule has 1 unspecified atom stereocenters. The smallest absolute Gasteiger partial charge is 0.306 e. The molecule has 0 aromatic rings. The Hall–Kier alpha value is -4.19. The molecule has 0 aromatic heterocycles. The first kappa shape index (κ1) is 64.8. The normalized spacial score (nSPS) is 13.0. The molecule has 6 heteroatoms. The fraction of sp³-hybridized carbons (Fsp3) is 0.635. The maximum absolute atomic E-state index is 12.8. The van der Waals surface area contributed by atoms with E-state index in [9.17, 15) is 14.4 Å². The van der Waals surface area contributed by atoms with Crippen molar-refractivity contribution in [1.29, 1.82) is 0 Å². The summed E-state index contributed by atoms with van der Waals surface area (Å²) in [5.41, 5.74) is 0. The number of carbonyl (C=O) groups excluding carboxylic acids is 3. The van der Waals surface area contributed by atoms with Crippen LogP contribution in [0.1, 0.15) is 239 Å². The Morgan fingerprint density at radius 1 is 0.319 bits per heavy atom. The molecule has 0 saturated carbocycles. The molecule has 0 rings (SSSR count). The molecule has 0 aliphatic heterocycles. The van der Waals surface area contributed by atoms with Gasteiger partial charge in [0.2, 0.25) is 0 Å². The molecule has 0 heterocycles. The predicted octanol–water partition coefficient (Wildman–Crippen LogP) is 18.9. The zero-order valence-electron chi connectivity index (χ0n) is 44.5. The molecule has 0 N–H and O–H groups in total. The first-order chi connectivity index (χ1) is 34.0. The van der Waals surface area contributed by atoms with Crippen molar-refractivity contribution in [3.8, 4) is 0 Å². The van der Waals surface area contributed by atoms with Crippen molar-refractivity contribution in [1.82, 2.24) is 0 Å². The molecule has 0 aliphatic rings. The van der Waals surface area contributed by atoms with Crippen LogP contribution < -0.4 is 0 Å². The second kappa shape index (κ2) is 56.4. The van der Waals surface area contributed by atoms with Crippen LogP contribution in [0.3, 0.4) is 0 Å². The van der Waals surface area contributed by atoms with E-state index in [1.54, 1.807) is 0 Å². The monoisotopic (exact) mass is 955 g/mol. The average Bonchev–Trinajstić information content (AvgIpc) is 3.35. The summed E-state index contributed by atoms with van der Waals surface area (Å²) in [7, 11) is 0. The van der Waals surface area contributed by atoms with Gasteiger partial charge in [-0.25, -0.2) is 0 Å². The Kier molecular flexibility index (Phi) is 53.0. The molecule has 0 spiro atoms. The first-order valence-corrected chi connectivity index (χ1v) is 28.1. The highest BCUT2D eigenvalue weighted by molar-refractivity contribution is 5.71. The van der Waals surface area contributed by atoms with E-state index in [-0.39, 0.29) is 44.0 Å². The number of hydrogen-bond donors (Lipinski definition) is 0. The molecule has 0 radical (unpaired) electrons. The van der Waals surface area contributed by atoms with Gasteiger partial charge in [-0.1, -0.05) is 232 Å². The molecule has 0 aliphatic carbocycles. The lowest BCUT2D eigenvalue weighted by Crippen LogP contribution is -2.30. The summed E-state index contributed by atoms with van der Waals surface area (Å²) in [6.07, 6.45) is 77.8. The van der Waals surface area contributed by atoms with E-state index >= 15 is 0 Å². The van der Waals surface area contributed by atoms with Crippen LogP contribution in [0.2, 0.25) is 0 Å². The number of ether oxygens (including phenoxy) is 3. The summed E-state index contributed by atoms with van der Waals surface area (Å²) in [6.45, 7) is 6.39. The summed E-state index contributed by atoms with van der Waals surface area (Å²) in [5, 5.41) is 0. The molecule has 6 nitrogen and oxygen atoms in total. The molecular weight excluding hydrogens is 853 g/mol. The van der Waals surface area contributed by atoms with Crippen molar-refractivity contribution in [3.63, 3.8) is 0 Å². The van der Waals surface area contributed by atoms with Gasteiger partial charge in [0.05, 0.1) is 0 Å². The van der Waals surface area contributed by atoms with Crippen molar-refractivity contribution in [3.05, 3.63) is 122 Å². The second-order valence-corrected chi connectivity index (χ2v) is 18.1. The van der Waals surface area contributed by atoms with E-state index in [0.29, 0.717) is 19.3 Å². The highest BCUT2D eigenvalue weighted by Crippen LogP contribution is 2.12. The van der Waals surface area contributed by atoms with Gasteiger partial charge in [0.25, 0.3) is 0 Å². The third kappa shape index (κ3) is 54.6. The molecule has 69 heavy (non-hydrogen) atoms. The van der Waals surface area contributed by atoms with Gasteiger partial charge in [-0.15, -0.1) is 0 Å². The molecule has 1 atom stereocenters. The van der Waals surface area contributed by atoms with E-state index in [1.165, 1.54) is 96.3 Å². The maximum Gasteiger partial charge on any atom is 0.306 e. The minimum absolute atomic E-state index is 0.132. The molecule has 0 saturated heterocycles. The summed E-state index contributed by atoms with van der Waals surface area (Å²) < 4.78 is 16.7. The zero-order chi connectivity index (χ0) is 50.0. The van der Waals surface area contributed by atoms with Crippen LogP contribution in [0.5, 0.6) is 0 Å². The Bertz CT molecular complexity index is 1470. The van der Waals surface area contributed by atoms with Crippen LogP contribution in [-0.4, -0.2) is 37.2 Å². The molecule has 390 valence electrons. The zero-order valence-corrected chi connectivity index (χ0v) is 44.5. The maximum atomic E-state index is 12.8. The molecule has 0 aromatic carbocycles. The van der Waals surface area contributed by atoms with Gasteiger partial charge in [0.15, 0.2) is 6.10 Å². The summed E-state index contributed by atoms with van der Waals surface area (Å²) in [5.74, 6) is -1.09. The van der Waals surface area contributed by atoms with E-state index in [0.717, 1.165) is 89.9 Å². The van der Waals surface area contributed by atoms with E-state index < -0.39 is 6.10 Å². The number of allylic oxidation sites excluding steroid dienone is 20. The molecular formula is C63H102O6. The number of hydrogen-bond acceptors (Lipinski definition) is 6. The van der Waals surface area contributed by atoms with Gasteiger partial charge < -0.3 is 14.2 Å². The second-order valence-electron chi connectivity index (χ2n) is 18.1. The number of carbonyl (C=O) groups is 3. The standard InChI is InChI=1S/C63H102O6/c1-4-7-10-13-16-19-22-25-28-31-33-35-38-41-44-47-50-53-56-62(65)68-59-60(58-67-61(64)55-52-49-46-43-40-37-34-30-27-24-21-18-15-12-9-6-3)69-63(66)57-54-51-48-45-42-39-36-32-29-26-23-20-17-14-11-8-5-2/h9,12,18,21,26-31,33,35-37,39-40,45-46,48-49,60H,4-8,10-11,13-17,19-20,22-25,32,34,38,41-44,47,50-59H2,1-3H3/b12-9-,21-18-,29-26-,30-27-,31-28-,35-33-,39-36-,40-37-,48-45-,49-46-. The number of esters is 3. The van der Waals surface area contributed by atoms with Crippen molar-refractivity contribution in [2.24, 2.45) is 0 Å². The van der Waals surface area contributed by atoms with Crippen LogP contribution in [-0.2, 0) is 28.6 Å². The Labute approximate surface area is 424 Å². The van der Waals surface area contributed by atoms with Gasteiger partial charge in [-0.05, 0) is 109 Å². The molecule has 0 fully saturated rings. The van der Waals surface area contributed by atoms with Gasteiger partial charge in [-0.2, -0.15) is 0 Å². The lowest BCUT2D eigenvalue weighted by Gasteiger charge is -2.18. The van der Waals surface area contributed by atoms with Crippen LogP contribution in [0.15, 0.2) is 122 Å². The largest absolute Gasteiger partial charge is 0.462 e. The van der Waals surface area contributed by atoms with Gasteiger partial charge in [0.1, 0.15) is 13.2 Å². The van der Waals surface area contributed by atoms with Gasteiger partial charge >= 0.3 is 17.9 Å². The summed E-state index contributed by atoms with van der Waals surface area (Å²) >= 11 is 0. The predicted molar refractivity (Wildman–Crippen MR) is 297 cm³/mol. The first-order valence-electron chi connectivity index (χ1n) is 28.1. The van der Waals surface area contributed by atoms with Crippen LogP contribution >= 0.6 is 0 Å². The fourth-order valence-electron chi connectivity index (χ4n) is 7.26. The Morgan fingerprint density at radius 2 is 0.652 bits per heavy atom. The summed E-state index contributed by atoms with van der Waals surface area (Å²) in [4.78, 5) is 38.1. The van der Waals surface area contributed by atoms with E-state index in [2.05, 4.69) is 130 Å². The Balaban J connectivity index is 4.60. The number of unbranched alkanes of at least 4 members (excludes halogenated alkanes) is 19. The SMILES string of the molecule is CC/C=C\C/C=C\C/C=C\C/C=C\C/C=C\CCC(=O)OCC(COC(=O)CCCCCCC/C=C\C=C/CCCCCCCCC)OC(=O)CCC/C=C\C/C=C\C/C=C\CCCCCCCC. The highest BCUT2D eigenvalue weighted by Gasteiger charge is 2.19. The Morgan fingerprint density at radius 3 is 1.10 bits per heavy atom. The van der Waals surface area contributed by atoms with E-state index in [1.807, 2.05) is 12.2 Å². The van der Waals surface area contributed by atoms with Crippen LogP contribution in [0.25, 0.3) is 0 Å². The molecule has 0 bridgehead atoms. The third-order valence-corrected chi connectivity index (χ3v) is 11.5. The van der Waals surface area contributed by atoms with Gasteiger partial charge in [0, 0.05) is 19.3 Å². The summed E-state index contributed by atoms with van der Waals surface area (Å²) in [6, 6.07) is 0. The lowest BCUT2D eigenvalue weighted by atomic mass is 10.1. The quantitative estimate of drug-likeness (QED) is 0.0199. The van der Waals surface area contributed by atoms with E-state index in [4.69, 9.17) is 14.2 Å². The fourth-order valence-corrected chi connectivity index (χ4v) is 7.26. The minimum atomic E-state index is -0.845. The number of rotatable bonds is 49. The van der Waals surface area contributed by atoms with Gasteiger partial charge in [-0.3, -0.25) is 14.4 Å². The van der Waals surface area contributed by atoms with Crippen molar-refractivity contribution >= 4 is 17.9 Å². The minimum Gasteiger partial charge on any atom is -0.462 e. The van der Waals surface area contributed by atoms with Crippen LogP contribution in [0, 0.1) is 0 Å². The van der Waals surface area contributed by atoms with Crippen molar-refractivity contribution < 1.29 is 28.6 Å². The third-order valence-electron chi connectivity index (χ3n) is 11.5. The van der Waals surface area contributed by atoms with Crippen molar-refractivity contribution in [2.45, 2.75) is 245 Å². The highest BCUT2D eigenvalue weighted by atomic mass is 16.6. The average molecular weight is 956 g/mol.